The molecule has 1 fully saturated rings. The molecule has 27 heavy (non-hydrogen) atoms. The van der Waals surface area contributed by atoms with Gasteiger partial charge in [-0.25, -0.2) is 14.1 Å². The zero-order valence-corrected chi connectivity index (χ0v) is 15.0. The van der Waals surface area contributed by atoms with Crippen LogP contribution in [0, 0.1) is 12.7 Å². The number of benzene rings is 1. The van der Waals surface area contributed by atoms with E-state index in [0.717, 1.165) is 36.7 Å². The summed E-state index contributed by atoms with van der Waals surface area (Å²) in [5, 5.41) is 8.25. The normalized spacial score (nSPS) is 22.4. The van der Waals surface area contributed by atoms with Crippen LogP contribution < -0.4 is 0 Å². The number of hydrogen-bond acceptors (Lipinski definition) is 6. The van der Waals surface area contributed by atoms with Gasteiger partial charge in [-0.2, -0.15) is 0 Å². The molecule has 2 aliphatic rings. The number of likely N-dealkylation sites (tertiary alicyclic amines) is 1. The largest absolute Gasteiger partial charge is 0.441 e. The summed E-state index contributed by atoms with van der Waals surface area (Å²) < 4.78 is 27.7. The summed E-state index contributed by atoms with van der Waals surface area (Å²) in [4.78, 5) is 6.88. The fourth-order valence-electron chi connectivity index (χ4n) is 3.92. The Morgan fingerprint density at radius 2 is 2.19 bits per heavy atom. The Kier molecular flexibility index (Phi) is 4.02. The monoisotopic (exact) mass is 369 g/mol. The van der Waals surface area contributed by atoms with Gasteiger partial charge in [-0.05, 0) is 25.5 Å². The van der Waals surface area contributed by atoms with E-state index in [9.17, 15) is 4.39 Å². The Morgan fingerprint density at radius 1 is 1.30 bits per heavy atom. The van der Waals surface area contributed by atoms with Crippen LogP contribution in [0.1, 0.15) is 29.6 Å². The summed E-state index contributed by atoms with van der Waals surface area (Å²) in [5.41, 5.74) is 2.23. The van der Waals surface area contributed by atoms with Gasteiger partial charge in [0.25, 0.3) is 0 Å². The summed E-state index contributed by atoms with van der Waals surface area (Å²) >= 11 is 0. The van der Waals surface area contributed by atoms with Gasteiger partial charge in [-0.1, -0.05) is 17.3 Å². The highest BCUT2D eigenvalue weighted by molar-refractivity contribution is 5.54. The van der Waals surface area contributed by atoms with E-state index in [1.165, 1.54) is 6.07 Å². The Balaban J connectivity index is 1.36. The maximum absolute atomic E-state index is 14.0. The minimum absolute atomic E-state index is 0.156. The van der Waals surface area contributed by atoms with Gasteiger partial charge in [0.05, 0.1) is 41.9 Å². The first kappa shape index (κ1) is 16.6. The molecule has 7 nitrogen and oxygen atoms in total. The summed E-state index contributed by atoms with van der Waals surface area (Å²) in [7, 11) is 0. The van der Waals surface area contributed by atoms with Crippen molar-refractivity contribution in [2.75, 3.05) is 13.1 Å². The molecule has 0 unspecified atom stereocenters. The van der Waals surface area contributed by atoms with Crippen molar-refractivity contribution in [3.05, 3.63) is 53.4 Å². The molecule has 2 atom stereocenters. The first-order chi connectivity index (χ1) is 13.2. The van der Waals surface area contributed by atoms with E-state index >= 15 is 0 Å². The summed E-state index contributed by atoms with van der Waals surface area (Å²) in [5.74, 6) is 0.718. The number of piperidine rings is 1. The smallest absolute Gasteiger partial charge is 0.229 e. The molecule has 0 bridgehead atoms. The Morgan fingerprint density at radius 3 is 3.07 bits per heavy atom. The van der Waals surface area contributed by atoms with E-state index in [2.05, 4.69) is 20.2 Å². The van der Waals surface area contributed by atoms with Crippen LogP contribution in [0.25, 0.3) is 11.5 Å². The quantitative estimate of drug-likeness (QED) is 0.707. The van der Waals surface area contributed by atoms with E-state index in [-0.39, 0.29) is 18.0 Å². The number of nitrogens with zero attached hydrogens (tertiary/aromatic N) is 5. The molecule has 0 saturated carbocycles. The molecule has 140 valence electrons. The van der Waals surface area contributed by atoms with Crippen molar-refractivity contribution in [1.29, 1.82) is 0 Å². The van der Waals surface area contributed by atoms with Gasteiger partial charge < -0.3 is 9.15 Å². The van der Waals surface area contributed by atoms with Crippen LogP contribution in [0.15, 0.2) is 34.9 Å². The SMILES string of the molecule is Cc1oc(-c2ccccc2F)nc1CN1CC[C@H]2OCc3cnnn3[C@@H]2C1. The summed E-state index contributed by atoms with van der Waals surface area (Å²) in [6, 6.07) is 6.69. The lowest BCUT2D eigenvalue weighted by Gasteiger charge is -2.40. The fourth-order valence-corrected chi connectivity index (χ4v) is 3.92. The molecule has 8 heteroatoms. The molecule has 0 spiro atoms. The molecule has 3 aromatic rings. The molecule has 0 amide bonds. The van der Waals surface area contributed by atoms with Crippen molar-refractivity contribution >= 4 is 0 Å². The van der Waals surface area contributed by atoms with Crippen LogP contribution in [-0.2, 0) is 17.9 Å². The zero-order valence-electron chi connectivity index (χ0n) is 15.0. The number of halogens is 1. The van der Waals surface area contributed by atoms with Crippen LogP contribution in [0.2, 0.25) is 0 Å². The van der Waals surface area contributed by atoms with Gasteiger partial charge >= 0.3 is 0 Å². The minimum Gasteiger partial charge on any atom is -0.441 e. The van der Waals surface area contributed by atoms with Crippen LogP contribution >= 0.6 is 0 Å². The average Bonchev–Trinajstić information content (AvgIpc) is 3.29. The van der Waals surface area contributed by atoms with Crippen molar-refractivity contribution in [3.63, 3.8) is 0 Å². The lowest BCUT2D eigenvalue weighted by Crippen LogP contribution is -2.47. The summed E-state index contributed by atoms with van der Waals surface area (Å²) in [6.07, 6.45) is 2.86. The highest BCUT2D eigenvalue weighted by Gasteiger charge is 2.36. The number of oxazole rings is 1. The van der Waals surface area contributed by atoms with Crippen molar-refractivity contribution in [2.45, 2.75) is 38.6 Å². The van der Waals surface area contributed by atoms with Crippen LogP contribution in [0.4, 0.5) is 4.39 Å². The molecule has 0 aliphatic carbocycles. The standard InChI is InChI=1S/C19H20FN5O2/c1-12-16(22-19(27-12)14-4-2-3-5-15(14)20)9-24-7-6-18-17(10-24)25-13(11-26-18)8-21-23-25/h2-5,8,17-18H,6-7,9-11H2,1H3/t17-,18-/m1/s1. The van der Waals surface area contributed by atoms with Crippen molar-refractivity contribution < 1.29 is 13.5 Å². The predicted molar refractivity (Wildman–Crippen MR) is 94.2 cm³/mol. The van der Waals surface area contributed by atoms with Gasteiger partial charge in [0.1, 0.15) is 11.6 Å². The van der Waals surface area contributed by atoms with Crippen molar-refractivity contribution in [2.24, 2.45) is 0 Å². The molecule has 0 radical (unpaired) electrons. The second-order valence-electron chi connectivity index (χ2n) is 7.11. The summed E-state index contributed by atoms with van der Waals surface area (Å²) in [6.45, 7) is 4.81. The Labute approximate surface area is 155 Å². The van der Waals surface area contributed by atoms with E-state index in [1.54, 1.807) is 24.4 Å². The van der Waals surface area contributed by atoms with E-state index < -0.39 is 0 Å². The first-order valence-electron chi connectivity index (χ1n) is 9.13. The Hall–Kier alpha value is -2.58. The number of hydrogen-bond donors (Lipinski definition) is 0. The molecule has 2 aromatic heterocycles. The molecule has 1 aromatic carbocycles. The third-order valence-corrected chi connectivity index (χ3v) is 5.38. The van der Waals surface area contributed by atoms with Gasteiger partial charge in [0.2, 0.25) is 5.89 Å². The highest BCUT2D eigenvalue weighted by atomic mass is 19.1. The second-order valence-corrected chi connectivity index (χ2v) is 7.11. The van der Waals surface area contributed by atoms with E-state index in [0.29, 0.717) is 24.6 Å². The number of fused-ring (bicyclic) bond motifs is 3. The van der Waals surface area contributed by atoms with Crippen LogP contribution in [0.3, 0.4) is 0 Å². The zero-order chi connectivity index (χ0) is 18.4. The lowest BCUT2D eigenvalue weighted by molar-refractivity contribution is -0.0671. The van der Waals surface area contributed by atoms with E-state index in [4.69, 9.17) is 9.15 Å². The molecular weight excluding hydrogens is 349 g/mol. The highest BCUT2D eigenvalue weighted by Crippen LogP contribution is 2.31. The predicted octanol–water partition coefficient (Wildman–Crippen LogP) is 2.73. The van der Waals surface area contributed by atoms with Gasteiger partial charge in [0, 0.05) is 19.6 Å². The maximum Gasteiger partial charge on any atom is 0.229 e. The van der Waals surface area contributed by atoms with E-state index in [1.807, 2.05) is 11.6 Å². The number of aromatic nitrogens is 4. The average molecular weight is 369 g/mol. The van der Waals surface area contributed by atoms with Crippen LogP contribution in [0.5, 0.6) is 0 Å². The van der Waals surface area contributed by atoms with Gasteiger partial charge in [-0.15, -0.1) is 5.10 Å². The fraction of sp³-hybridized carbons (Fsp3) is 0.421. The number of ether oxygens (including phenoxy) is 1. The maximum atomic E-state index is 14.0. The first-order valence-corrected chi connectivity index (χ1v) is 9.13. The Bertz CT molecular complexity index is 969. The van der Waals surface area contributed by atoms with Crippen molar-refractivity contribution in [1.82, 2.24) is 24.9 Å². The number of rotatable bonds is 3. The molecule has 5 rings (SSSR count). The van der Waals surface area contributed by atoms with Crippen molar-refractivity contribution in [3.8, 4) is 11.5 Å². The second kappa shape index (κ2) is 6.54. The van der Waals surface area contributed by atoms with Gasteiger partial charge in [0.15, 0.2) is 0 Å². The number of aryl methyl sites for hydroxylation is 1. The molecule has 1 saturated heterocycles. The minimum atomic E-state index is -0.329. The molecule has 4 heterocycles. The van der Waals surface area contributed by atoms with Crippen LogP contribution in [-0.4, -0.2) is 44.1 Å². The molecular formula is C19H20FN5O2. The third-order valence-electron chi connectivity index (χ3n) is 5.38. The van der Waals surface area contributed by atoms with Gasteiger partial charge in [-0.3, -0.25) is 4.90 Å². The molecule has 0 N–H and O–H groups in total. The topological polar surface area (TPSA) is 69.2 Å². The third kappa shape index (κ3) is 2.94. The lowest BCUT2D eigenvalue weighted by atomic mass is 10.0. The molecule has 2 aliphatic heterocycles.